The number of nitrogens with zero attached hydrogens (tertiary/aromatic N) is 1. The summed E-state index contributed by atoms with van der Waals surface area (Å²) in [5.41, 5.74) is 1.46. The zero-order chi connectivity index (χ0) is 13.0. The second kappa shape index (κ2) is 6.02. The summed E-state index contributed by atoms with van der Waals surface area (Å²) in [5.74, 6) is 0.796. The number of oxime groups is 1. The third kappa shape index (κ3) is 3.11. The maximum atomic E-state index is 8.67. The largest absolute Gasteiger partial charge is 0.488 e. The van der Waals surface area contributed by atoms with Gasteiger partial charge in [-0.3, -0.25) is 0 Å². The first kappa shape index (κ1) is 13.1. The SMILES string of the molecule is C/C(=N\O)c1ccc(OCc2sccc2Br)cc1. The maximum Gasteiger partial charge on any atom is 0.124 e. The Labute approximate surface area is 118 Å². The van der Waals surface area contributed by atoms with Gasteiger partial charge in [-0.15, -0.1) is 11.3 Å². The van der Waals surface area contributed by atoms with Crippen LogP contribution in [0.2, 0.25) is 0 Å². The van der Waals surface area contributed by atoms with E-state index in [-0.39, 0.29) is 0 Å². The lowest BCUT2D eigenvalue weighted by Gasteiger charge is -2.06. The van der Waals surface area contributed by atoms with E-state index >= 15 is 0 Å². The van der Waals surface area contributed by atoms with Crippen LogP contribution in [0.15, 0.2) is 45.3 Å². The zero-order valence-corrected chi connectivity index (χ0v) is 12.2. The highest BCUT2D eigenvalue weighted by Crippen LogP contribution is 2.24. The molecule has 1 aromatic heterocycles. The van der Waals surface area contributed by atoms with Gasteiger partial charge in [-0.2, -0.15) is 0 Å². The summed E-state index contributed by atoms with van der Waals surface area (Å²) in [7, 11) is 0. The lowest BCUT2D eigenvalue weighted by Crippen LogP contribution is -1.96. The lowest BCUT2D eigenvalue weighted by molar-refractivity contribution is 0.309. The van der Waals surface area contributed by atoms with E-state index in [9.17, 15) is 0 Å². The topological polar surface area (TPSA) is 41.8 Å². The molecule has 1 aromatic carbocycles. The molecule has 0 radical (unpaired) electrons. The number of benzene rings is 1. The molecule has 0 aliphatic rings. The average molecular weight is 326 g/mol. The van der Waals surface area contributed by atoms with Gasteiger partial charge in [-0.1, -0.05) is 5.16 Å². The molecular weight excluding hydrogens is 314 g/mol. The van der Waals surface area contributed by atoms with E-state index in [0.29, 0.717) is 12.3 Å². The van der Waals surface area contributed by atoms with E-state index in [2.05, 4.69) is 21.1 Å². The van der Waals surface area contributed by atoms with E-state index in [1.165, 1.54) is 0 Å². The Morgan fingerprint density at radius 1 is 1.33 bits per heavy atom. The molecule has 0 fully saturated rings. The normalized spacial score (nSPS) is 11.6. The highest BCUT2D eigenvalue weighted by molar-refractivity contribution is 9.10. The smallest absolute Gasteiger partial charge is 0.124 e. The molecule has 0 aliphatic carbocycles. The number of hydrogen-bond donors (Lipinski definition) is 1. The van der Waals surface area contributed by atoms with Crippen molar-refractivity contribution in [3.63, 3.8) is 0 Å². The molecule has 0 saturated heterocycles. The molecule has 94 valence electrons. The van der Waals surface area contributed by atoms with Crippen LogP contribution in [-0.2, 0) is 6.61 Å². The molecule has 1 N–H and O–H groups in total. The minimum atomic E-state index is 0.546. The Hall–Kier alpha value is -1.33. The summed E-state index contributed by atoms with van der Waals surface area (Å²) in [4.78, 5) is 1.16. The Morgan fingerprint density at radius 3 is 2.61 bits per heavy atom. The van der Waals surface area contributed by atoms with Gasteiger partial charge >= 0.3 is 0 Å². The Balaban J connectivity index is 2.01. The van der Waals surface area contributed by atoms with Gasteiger partial charge in [0.25, 0.3) is 0 Å². The fourth-order valence-electron chi connectivity index (χ4n) is 1.43. The van der Waals surface area contributed by atoms with Gasteiger partial charge in [0.1, 0.15) is 12.4 Å². The standard InChI is InChI=1S/C13H12BrNO2S/c1-9(15-16)10-2-4-11(5-3-10)17-8-13-12(14)6-7-18-13/h2-7,16H,8H2,1H3/b15-9+. The van der Waals surface area contributed by atoms with Crippen molar-refractivity contribution in [2.75, 3.05) is 0 Å². The predicted molar refractivity (Wildman–Crippen MR) is 76.8 cm³/mol. The number of rotatable bonds is 4. The third-order valence-corrected chi connectivity index (χ3v) is 4.38. The fraction of sp³-hybridized carbons (Fsp3) is 0.154. The molecule has 0 spiro atoms. The van der Waals surface area contributed by atoms with Crippen LogP contribution in [0.25, 0.3) is 0 Å². The van der Waals surface area contributed by atoms with Gasteiger partial charge in [0.05, 0.1) is 10.6 Å². The summed E-state index contributed by atoms with van der Waals surface area (Å²) in [6, 6.07) is 9.48. The van der Waals surface area contributed by atoms with Crippen LogP contribution in [0.3, 0.4) is 0 Å². The van der Waals surface area contributed by atoms with Crippen LogP contribution in [0.1, 0.15) is 17.4 Å². The van der Waals surface area contributed by atoms with E-state index < -0.39 is 0 Å². The molecule has 0 atom stereocenters. The molecule has 0 amide bonds. The molecule has 1 heterocycles. The van der Waals surface area contributed by atoms with Crippen molar-refractivity contribution < 1.29 is 9.94 Å². The molecule has 0 aliphatic heterocycles. The number of ether oxygens (including phenoxy) is 1. The minimum absolute atomic E-state index is 0.546. The van der Waals surface area contributed by atoms with Crippen LogP contribution < -0.4 is 4.74 Å². The van der Waals surface area contributed by atoms with Gasteiger partial charge in [-0.05, 0) is 64.1 Å². The molecule has 0 bridgehead atoms. The molecular formula is C13H12BrNO2S. The predicted octanol–water partition coefficient (Wildman–Crippen LogP) is 4.29. The summed E-state index contributed by atoms with van der Waals surface area (Å²) in [6.45, 7) is 2.29. The van der Waals surface area contributed by atoms with E-state index in [1.807, 2.05) is 35.7 Å². The summed E-state index contributed by atoms with van der Waals surface area (Å²) < 4.78 is 6.75. The number of hydrogen-bond acceptors (Lipinski definition) is 4. The Morgan fingerprint density at radius 2 is 2.06 bits per heavy atom. The van der Waals surface area contributed by atoms with Crippen molar-refractivity contribution in [3.05, 3.63) is 50.6 Å². The maximum absolute atomic E-state index is 8.67. The molecule has 5 heteroatoms. The van der Waals surface area contributed by atoms with Crippen LogP contribution in [0, 0.1) is 0 Å². The first-order chi connectivity index (χ1) is 8.70. The van der Waals surface area contributed by atoms with Gasteiger partial charge in [0.15, 0.2) is 0 Å². The van der Waals surface area contributed by atoms with Crippen molar-refractivity contribution in [3.8, 4) is 5.75 Å². The third-order valence-electron chi connectivity index (χ3n) is 2.48. The highest BCUT2D eigenvalue weighted by Gasteiger charge is 2.03. The zero-order valence-electron chi connectivity index (χ0n) is 9.76. The Bertz CT molecular complexity index is 548. The molecule has 2 rings (SSSR count). The lowest BCUT2D eigenvalue weighted by atomic mass is 10.1. The van der Waals surface area contributed by atoms with Crippen molar-refractivity contribution in [1.29, 1.82) is 0 Å². The first-order valence-corrected chi connectivity index (χ1v) is 7.01. The highest BCUT2D eigenvalue weighted by atomic mass is 79.9. The number of halogens is 1. The van der Waals surface area contributed by atoms with Gasteiger partial charge in [0, 0.05) is 4.47 Å². The van der Waals surface area contributed by atoms with Gasteiger partial charge < -0.3 is 9.94 Å². The molecule has 2 aromatic rings. The van der Waals surface area contributed by atoms with E-state index in [0.717, 1.165) is 20.7 Å². The molecule has 3 nitrogen and oxygen atoms in total. The second-order valence-electron chi connectivity index (χ2n) is 3.69. The van der Waals surface area contributed by atoms with E-state index in [4.69, 9.17) is 9.94 Å². The number of thiophene rings is 1. The minimum Gasteiger partial charge on any atom is -0.488 e. The van der Waals surface area contributed by atoms with Crippen LogP contribution in [-0.4, -0.2) is 10.9 Å². The van der Waals surface area contributed by atoms with Gasteiger partial charge in [-0.25, -0.2) is 0 Å². The van der Waals surface area contributed by atoms with Crippen LogP contribution in [0.5, 0.6) is 5.75 Å². The van der Waals surface area contributed by atoms with Crippen molar-refractivity contribution >= 4 is 33.0 Å². The van der Waals surface area contributed by atoms with Crippen LogP contribution in [0.4, 0.5) is 0 Å². The summed E-state index contributed by atoms with van der Waals surface area (Å²) >= 11 is 5.12. The van der Waals surface area contributed by atoms with Crippen LogP contribution >= 0.6 is 27.3 Å². The van der Waals surface area contributed by atoms with Crippen molar-refractivity contribution in [1.82, 2.24) is 0 Å². The quantitative estimate of drug-likeness (QED) is 0.517. The molecule has 0 saturated carbocycles. The van der Waals surface area contributed by atoms with E-state index in [1.54, 1.807) is 18.3 Å². The van der Waals surface area contributed by atoms with Crippen molar-refractivity contribution in [2.24, 2.45) is 5.16 Å². The second-order valence-corrected chi connectivity index (χ2v) is 5.55. The monoisotopic (exact) mass is 325 g/mol. The Kier molecular flexibility index (Phi) is 4.38. The average Bonchev–Trinajstić information content (AvgIpc) is 2.81. The fourth-order valence-corrected chi connectivity index (χ4v) is 2.81. The summed E-state index contributed by atoms with van der Waals surface area (Å²) in [5, 5.41) is 13.8. The molecule has 0 unspecified atom stereocenters. The van der Waals surface area contributed by atoms with Gasteiger partial charge in [0.2, 0.25) is 0 Å². The summed E-state index contributed by atoms with van der Waals surface area (Å²) in [6.07, 6.45) is 0. The molecule has 18 heavy (non-hydrogen) atoms. The first-order valence-electron chi connectivity index (χ1n) is 5.34. The van der Waals surface area contributed by atoms with Crippen molar-refractivity contribution in [2.45, 2.75) is 13.5 Å².